The van der Waals surface area contributed by atoms with E-state index in [0.717, 1.165) is 23.4 Å². The summed E-state index contributed by atoms with van der Waals surface area (Å²) in [6.07, 6.45) is 5.04. The molecule has 2 aromatic carbocycles. The molecule has 0 saturated heterocycles. The molecule has 0 heterocycles. The van der Waals surface area contributed by atoms with Gasteiger partial charge in [0.05, 0.1) is 14.1 Å². The monoisotopic (exact) mass is 351 g/mol. The van der Waals surface area contributed by atoms with Gasteiger partial charge in [-0.05, 0) is 29.3 Å². The summed E-state index contributed by atoms with van der Waals surface area (Å²) in [5.74, 6) is 0.671. The van der Waals surface area contributed by atoms with Crippen LogP contribution in [0.5, 0.6) is 5.75 Å². The lowest BCUT2D eigenvalue weighted by Crippen LogP contribution is -3.04. The van der Waals surface area contributed by atoms with Gasteiger partial charge in [0.15, 0.2) is 0 Å². The number of amides is 1. The van der Waals surface area contributed by atoms with Gasteiger partial charge < -0.3 is 15.0 Å². The van der Waals surface area contributed by atoms with Crippen molar-refractivity contribution in [2.24, 2.45) is 0 Å². The van der Waals surface area contributed by atoms with Crippen molar-refractivity contribution >= 4 is 12.0 Å². The maximum Gasteiger partial charge on any atom is 0.244 e. The van der Waals surface area contributed by atoms with Crippen LogP contribution in [0.3, 0.4) is 0 Å². The van der Waals surface area contributed by atoms with Gasteiger partial charge in [-0.2, -0.15) is 0 Å². The molecule has 0 spiro atoms. The van der Waals surface area contributed by atoms with E-state index < -0.39 is 0 Å². The fourth-order valence-corrected chi connectivity index (χ4v) is 2.43. The van der Waals surface area contributed by atoms with Crippen LogP contribution in [0, 0.1) is 0 Å². The number of nitrogens with one attached hydrogen (secondary N) is 2. The zero-order valence-electron chi connectivity index (χ0n) is 15.5. The summed E-state index contributed by atoms with van der Waals surface area (Å²) in [4.78, 5) is 13.4. The molecule has 26 heavy (non-hydrogen) atoms. The standard InChI is InChI=1S/C22H26N2O2/c1-4-15-26-21-12-9-18(10-13-21)11-14-22(25)23-16-19-5-7-20(8-6-19)17-24(2)3/h4-14H,1,15-17H2,2-3H3,(H,23,25)/p+1/b14-11+. The average molecular weight is 351 g/mol. The van der Waals surface area contributed by atoms with Crippen molar-refractivity contribution in [1.82, 2.24) is 5.32 Å². The smallest absolute Gasteiger partial charge is 0.244 e. The molecule has 0 bridgehead atoms. The van der Waals surface area contributed by atoms with Crippen molar-refractivity contribution in [2.45, 2.75) is 13.1 Å². The van der Waals surface area contributed by atoms with Crippen LogP contribution >= 0.6 is 0 Å². The first-order chi connectivity index (χ1) is 12.6. The van der Waals surface area contributed by atoms with Gasteiger partial charge in [-0.25, -0.2) is 0 Å². The highest BCUT2D eigenvalue weighted by molar-refractivity contribution is 5.91. The van der Waals surface area contributed by atoms with Crippen LogP contribution in [0.1, 0.15) is 16.7 Å². The second-order valence-corrected chi connectivity index (χ2v) is 6.42. The van der Waals surface area contributed by atoms with E-state index in [1.54, 1.807) is 18.2 Å². The third-order valence-corrected chi connectivity index (χ3v) is 3.72. The molecular weight excluding hydrogens is 324 g/mol. The minimum atomic E-state index is -0.112. The summed E-state index contributed by atoms with van der Waals surface area (Å²) in [7, 11) is 4.25. The summed E-state index contributed by atoms with van der Waals surface area (Å²) in [6, 6.07) is 15.9. The van der Waals surface area contributed by atoms with Gasteiger partial charge in [0.2, 0.25) is 5.91 Å². The number of quaternary nitrogens is 1. The summed E-state index contributed by atoms with van der Waals surface area (Å²) >= 11 is 0. The van der Waals surface area contributed by atoms with E-state index >= 15 is 0 Å². The molecule has 4 heteroatoms. The van der Waals surface area contributed by atoms with Crippen molar-refractivity contribution in [2.75, 3.05) is 20.7 Å². The Morgan fingerprint density at radius 3 is 2.35 bits per heavy atom. The normalized spacial score (nSPS) is 10.9. The fourth-order valence-electron chi connectivity index (χ4n) is 2.43. The number of carbonyl (C=O) groups excluding carboxylic acids is 1. The van der Waals surface area contributed by atoms with Gasteiger partial charge in [-0.15, -0.1) is 0 Å². The van der Waals surface area contributed by atoms with E-state index in [9.17, 15) is 4.79 Å². The summed E-state index contributed by atoms with van der Waals surface area (Å²) in [6.45, 7) is 5.61. The molecule has 136 valence electrons. The molecule has 0 radical (unpaired) electrons. The number of rotatable bonds is 9. The SMILES string of the molecule is C=CCOc1ccc(/C=C/C(=O)NCc2ccc(C[NH+](C)C)cc2)cc1. The van der Waals surface area contributed by atoms with Crippen LogP contribution in [0.15, 0.2) is 67.3 Å². The van der Waals surface area contributed by atoms with Gasteiger partial charge in [0.1, 0.15) is 18.9 Å². The van der Waals surface area contributed by atoms with E-state index in [2.05, 4.69) is 50.3 Å². The number of benzene rings is 2. The predicted octanol–water partition coefficient (Wildman–Crippen LogP) is 2.23. The Bertz CT molecular complexity index is 732. The Morgan fingerprint density at radius 2 is 1.73 bits per heavy atom. The third kappa shape index (κ3) is 6.95. The number of carbonyl (C=O) groups is 1. The Morgan fingerprint density at radius 1 is 1.08 bits per heavy atom. The molecule has 1 amide bonds. The molecule has 2 N–H and O–H groups in total. The highest BCUT2D eigenvalue weighted by Crippen LogP contribution is 2.13. The molecule has 0 aliphatic heterocycles. The van der Waals surface area contributed by atoms with E-state index in [4.69, 9.17) is 4.74 Å². The summed E-state index contributed by atoms with van der Waals surface area (Å²) < 4.78 is 5.43. The lowest BCUT2D eigenvalue weighted by molar-refractivity contribution is -0.872. The number of hydrogen-bond donors (Lipinski definition) is 2. The minimum Gasteiger partial charge on any atom is -0.490 e. The average Bonchev–Trinajstić information content (AvgIpc) is 2.64. The molecule has 0 saturated carbocycles. The molecule has 0 atom stereocenters. The van der Waals surface area contributed by atoms with Crippen LogP contribution in [0.4, 0.5) is 0 Å². The van der Waals surface area contributed by atoms with Gasteiger partial charge >= 0.3 is 0 Å². The largest absolute Gasteiger partial charge is 0.490 e. The van der Waals surface area contributed by atoms with Crippen LogP contribution in [0.2, 0.25) is 0 Å². The molecule has 0 aromatic heterocycles. The first kappa shape index (κ1) is 19.5. The molecule has 2 aromatic rings. The summed E-state index contributed by atoms with van der Waals surface area (Å²) in [5, 5.41) is 2.90. The Balaban J connectivity index is 1.80. The van der Waals surface area contributed by atoms with Gasteiger partial charge in [-0.3, -0.25) is 4.79 Å². The molecular formula is C22H27N2O2+. The van der Waals surface area contributed by atoms with Gasteiger partial charge in [-0.1, -0.05) is 49.1 Å². The number of ether oxygens (including phenoxy) is 1. The predicted molar refractivity (Wildman–Crippen MR) is 106 cm³/mol. The van der Waals surface area contributed by atoms with Crippen LogP contribution < -0.4 is 15.0 Å². The van der Waals surface area contributed by atoms with Crippen molar-refractivity contribution in [3.8, 4) is 5.75 Å². The zero-order valence-corrected chi connectivity index (χ0v) is 15.5. The van der Waals surface area contributed by atoms with Crippen LogP contribution in [-0.2, 0) is 17.9 Å². The van der Waals surface area contributed by atoms with Crippen molar-refractivity contribution in [3.05, 3.63) is 84.0 Å². The maximum absolute atomic E-state index is 12.0. The van der Waals surface area contributed by atoms with E-state index in [0.29, 0.717) is 13.2 Å². The van der Waals surface area contributed by atoms with Gasteiger partial charge in [0.25, 0.3) is 0 Å². The topological polar surface area (TPSA) is 42.8 Å². The van der Waals surface area contributed by atoms with Crippen molar-refractivity contribution < 1.29 is 14.4 Å². The summed E-state index contributed by atoms with van der Waals surface area (Å²) in [5.41, 5.74) is 3.33. The second-order valence-electron chi connectivity index (χ2n) is 6.42. The maximum atomic E-state index is 12.0. The zero-order chi connectivity index (χ0) is 18.8. The molecule has 0 aliphatic carbocycles. The third-order valence-electron chi connectivity index (χ3n) is 3.72. The van der Waals surface area contributed by atoms with Crippen molar-refractivity contribution in [3.63, 3.8) is 0 Å². The first-order valence-electron chi connectivity index (χ1n) is 8.73. The highest BCUT2D eigenvalue weighted by Gasteiger charge is 2.00. The molecule has 2 rings (SSSR count). The minimum absolute atomic E-state index is 0.112. The Labute approximate surface area is 155 Å². The van der Waals surface area contributed by atoms with Crippen LogP contribution in [-0.4, -0.2) is 26.6 Å². The first-order valence-corrected chi connectivity index (χ1v) is 8.73. The Kier molecular flexibility index (Phi) is 7.65. The fraction of sp³-hybridized carbons (Fsp3) is 0.227. The quantitative estimate of drug-likeness (QED) is 0.537. The highest BCUT2D eigenvalue weighted by atomic mass is 16.5. The van der Waals surface area contributed by atoms with Gasteiger partial charge in [0, 0.05) is 18.2 Å². The molecule has 4 nitrogen and oxygen atoms in total. The molecule has 0 aliphatic rings. The van der Waals surface area contributed by atoms with E-state index in [1.165, 1.54) is 10.5 Å². The van der Waals surface area contributed by atoms with E-state index in [1.807, 2.05) is 24.3 Å². The van der Waals surface area contributed by atoms with Crippen LogP contribution in [0.25, 0.3) is 6.08 Å². The van der Waals surface area contributed by atoms with Crippen molar-refractivity contribution in [1.29, 1.82) is 0 Å². The second kappa shape index (κ2) is 10.2. The lowest BCUT2D eigenvalue weighted by Gasteiger charge is -2.08. The molecule has 0 fully saturated rings. The lowest BCUT2D eigenvalue weighted by atomic mass is 10.1. The molecule has 0 unspecified atom stereocenters. The number of hydrogen-bond acceptors (Lipinski definition) is 2. The van der Waals surface area contributed by atoms with E-state index in [-0.39, 0.29) is 5.91 Å². The Hall–Kier alpha value is -2.85.